The number of fused-ring (bicyclic) bond motifs is 1. The number of para-hydroxylation sites is 1. The third-order valence-electron chi connectivity index (χ3n) is 7.85. The molecule has 1 amide bonds. The number of methoxy groups -OCH3 is 1. The maximum absolute atomic E-state index is 12.9. The van der Waals surface area contributed by atoms with Crippen molar-refractivity contribution >= 4 is 22.8 Å². The standard InChI is InChI=1S/C37H41NO6/c1-37(2,3)44-36(40)38-21-19-31(34(24-38)43-25-27-15-16-28-9-5-6-10-30(28)23-27)29-17-13-26(14-18-29)20-22-42-35(39)32-11-7-8-12-33(32)41-4/h5-18,23,31,34H,19-22,24-25H2,1-4H3. The molecule has 7 heteroatoms. The molecule has 0 bridgehead atoms. The zero-order valence-electron chi connectivity index (χ0n) is 26.0. The Morgan fingerprint density at radius 2 is 1.57 bits per heavy atom. The number of benzene rings is 4. The first kappa shape index (κ1) is 31.1. The Bertz CT molecular complexity index is 1580. The van der Waals surface area contributed by atoms with Gasteiger partial charge in [0.25, 0.3) is 0 Å². The van der Waals surface area contributed by atoms with Gasteiger partial charge < -0.3 is 23.8 Å². The maximum Gasteiger partial charge on any atom is 0.410 e. The largest absolute Gasteiger partial charge is 0.496 e. The number of hydrogen-bond donors (Lipinski definition) is 0. The van der Waals surface area contributed by atoms with Crippen LogP contribution in [-0.4, -0.2) is 55.5 Å². The van der Waals surface area contributed by atoms with E-state index in [0.29, 0.717) is 37.4 Å². The number of nitrogens with zero attached hydrogens (tertiary/aromatic N) is 1. The molecule has 230 valence electrons. The van der Waals surface area contributed by atoms with E-state index in [-0.39, 0.29) is 24.7 Å². The van der Waals surface area contributed by atoms with Crippen LogP contribution in [0.3, 0.4) is 0 Å². The number of ether oxygens (including phenoxy) is 4. The molecule has 0 spiro atoms. The fraction of sp³-hybridized carbons (Fsp3) is 0.351. The molecule has 7 nitrogen and oxygen atoms in total. The molecule has 0 saturated carbocycles. The van der Waals surface area contributed by atoms with Crippen molar-refractivity contribution in [1.29, 1.82) is 0 Å². The van der Waals surface area contributed by atoms with Crippen molar-refractivity contribution in [3.8, 4) is 5.75 Å². The first-order chi connectivity index (χ1) is 21.2. The maximum atomic E-state index is 12.9. The second kappa shape index (κ2) is 14.0. The predicted octanol–water partition coefficient (Wildman–Crippen LogP) is 7.56. The van der Waals surface area contributed by atoms with E-state index in [1.165, 1.54) is 17.9 Å². The highest BCUT2D eigenvalue weighted by atomic mass is 16.6. The Kier molecular flexibility index (Phi) is 9.85. The van der Waals surface area contributed by atoms with E-state index in [4.69, 9.17) is 18.9 Å². The fourth-order valence-corrected chi connectivity index (χ4v) is 5.57. The molecular weight excluding hydrogens is 554 g/mol. The van der Waals surface area contributed by atoms with Crippen molar-refractivity contribution in [2.75, 3.05) is 26.8 Å². The molecule has 0 N–H and O–H groups in total. The van der Waals surface area contributed by atoms with E-state index >= 15 is 0 Å². The van der Waals surface area contributed by atoms with Crippen molar-refractivity contribution in [2.24, 2.45) is 0 Å². The number of hydrogen-bond acceptors (Lipinski definition) is 6. The Balaban J connectivity index is 1.24. The van der Waals surface area contributed by atoms with Crippen LogP contribution >= 0.6 is 0 Å². The van der Waals surface area contributed by atoms with Crippen LogP contribution in [0.15, 0.2) is 91.0 Å². The monoisotopic (exact) mass is 595 g/mol. The first-order valence-electron chi connectivity index (χ1n) is 15.2. The predicted molar refractivity (Wildman–Crippen MR) is 171 cm³/mol. The molecule has 4 aromatic rings. The van der Waals surface area contributed by atoms with Gasteiger partial charge in [0.1, 0.15) is 16.9 Å². The summed E-state index contributed by atoms with van der Waals surface area (Å²) < 4.78 is 23.0. The van der Waals surface area contributed by atoms with Crippen molar-refractivity contribution in [3.63, 3.8) is 0 Å². The van der Waals surface area contributed by atoms with Gasteiger partial charge in [0.05, 0.1) is 33.0 Å². The molecule has 2 unspecified atom stereocenters. The summed E-state index contributed by atoms with van der Waals surface area (Å²) in [7, 11) is 1.54. The molecule has 1 saturated heterocycles. The van der Waals surface area contributed by atoms with Crippen molar-refractivity contribution in [2.45, 2.75) is 57.8 Å². The molecule has 4 aromatic carbocycles. The summed E-state index contributed by atoms with van der Waals surface area (Å²) in [5.74, 6) is 0.214. The van der Waals surface area contributed by atoms with Crippen LogP contribution in [-0.2, 0) is 27.2 Å². The lowest BCUT2D eigenvalue weighted by Gasteiger charge is -2.39. The molecule has 1 aliphatic heterocycles. The van der Waals surface area contributed by atoms with Gasteiger partial charge in [0, 0.05) is 18.9 Å². The molecule has 0 aromatic heterocycles. The van der Waals surface area contributed by atoms with Crippen molar-refractivity contribution < 1.29 is 28.5 Å². The Labute approximate surface area is 259 Å². The minimum Gasteiger partial charge on any atom is -0.496 e. The van der Waals surface area contributed by atoms with Gasteiger partial charge in [-0.25, -0.2) is 9.59 Å². The van der Waals surface area contributed by atoms with Gasteiger partial charge in [-0.05, 0) is 72.9 Å². The second-order valence-electron chi connectivity index (χ2n) is 12.2. The number of rotatable bonds is 9. The van der Waals surface area contributed by atoms with Crippen LogP contribution in [0, 0.1) is 0 Å². The van der Waals surface area contributed by atoms with Gasteiger partial charge in [-0.2, -0.15) is 0 Å². The third kappa shape index (κ3) is 7.97. The Morgan fingerprint density at radius 1 is 0.864 bits per heavy atom. The number of piperidine rings is 1. The second-order valence-corrected chi connectivity index (χ2v) is 12.2. The third-order valence-corrected chi connectivity index (χ3v) is 7.85. The molecule has 1 fully saturated rings. The number of carbonyl (C=O) groups is 2. The zero-order chi connectivity index (χ0) is 31.1. The zero-order valence-corrected chi connectivity index (χ0v) is 26.0. The highest BCUT2D eigenvalue weighted by Crippen LogP contribution is 2.32. The normalized spacial score (nSPS) is 16.9. The van der Waals surface area contributed by atoms with Gasteiger partial charge in [-0.3, -0.25) is 0 Å². The summed E-state index contributed by atoms with van der Waals surface area (Å²) in [6, 6.07) is 30.1. The summed E-state index contributed by atoms with van der Waals surface area (Å²) in [5.41, 5.74) is 3.17. The summed E-state index contributed by atoms with van der Waals surface area (Å²) >= 11 is 0. The fourth-order valence-electron chi connectivity index (χ4n) is 5.57. The van der Waals surface area contributed by atoms with Crippen molar-refractivity contribution in [3.05, 3.63) is 113 Å². The smallest absolute Gasteiger partial charge is 0.410 e. The number of amides is 1. The summed E-state index contributed by atoms with van der Waals surface area (Å²) in [6.45, 7) is 7.40. The quantitative estimate of drug-likeness (QED) is 0.186. The average Bonchev–Trinajstić information content (AvgIpc) is 3.03. The molecule has 1 heterocycles. The van der Waals surface area contributed by atoms with Gasteiger partial charge >= 0.3 is 12.1 Å². The van der Waals surface area contributed by atoms with Gasteiger partial charge in [-0.1, -0.05) is 72.8 Å². The summed E-state index contributed by atoms with van der Waals surface area (Å²) in [6.07, 6.45) is 0.848. The van der Waals surface area contributed by atoms with Crippen LogP contribution in [0.2, 0.25) is 0 Å². The lowest BCUT2D eigenvalue weighted by molar-refractivity contribution is -0.0359. The molecule has 5 rings (SSSR count). The van der Waals surface area contributed by atoms with E-state index in [0.717, 1.165) is 23.1 Å². The van der Waals surface area contributed by atoms with E-state index in [1.54, 1.807) is 23.1 Å². The highest BCUT2D eigenvalue weighted by Gasteiger charge is 2.35. The average molecular weight is 596 g/mol. The SMILES string of the molecule is COc1ccccc1C(=O)OCCc1ccc(C2CCN(C(=O)OC(C)(C)C)CC2OCc2ccc3ccccc3c2)cc1. The first-order valence-corrected chi connectivity index (χ1v) is 15.2. The van der Waals surface area contributed by atoms with E-state index in [2.05, 4.69) is 54.6 Å². The van der Waals surface area contributed by atoms with Gasteiger partial charge in [-0.15, -0.1) is 0 Å². The molecule has 1 aliphatic rings. The van der Waals surface area contributed by atoms with Crippen LogP contribution in [0.1, 0.15) is 60.2 Å². The Hall–Kier alpha value is -4.36. The molecule has 2 atom stereocenters. The van der Waals surface area contributed by atoms with Gasteiger partial charge in [0.15, 0.2) is 0 Å². The van der Waals surface area contributed by atoms with Crippen LogP contribution in [0.5, 0.6) is 5.75 Å². The van der Waals surface area contributed by atoms with E-state index in [9.17, 15) is 9.59 Å². The number of esters is 1. The van der Waals surface area contributed by atoms with Crippen LogP contribution < -0.4 is 4.74 Å². The molecule has 44 heavy (non-hydrogen) atoms. The minimum atomic E-state index is -0.563. The summed E-state index contributed by atoms with van der Waals surface area (Å²) in [4.78, 5) is 27.2. The van der Waals surface area contributed by atoms with Crippen LogP contribution in [0.25, 0.3) is 10.8 Å². The lowest BCUT2D eigenvalue weighted by atomic mass is 9.86. The van der Waals surface area contributed by atoms with E-state index < -0.39 is 11.6 Å². The highest BCUT2D eigenvalue weighted by molar-refractivity contribution is 5.92. The minimum absolute atomic E-state index is 0.117. The Morgan fingerprint density at radius 3 is 2.32 bits per heavy atom. The lowest BCUT2D eigenvalue weighted by Crippen LogP contribution is -2.48. The summed E-state index contributed by atoms with van der Waals surface area (Å²) in [5, 5.41) is 2.37. The number of likely N-dealkylation sites (tertiary alicyclic amines) is 1. The molecule has 0 aliphatic carbocycles. The van der Waals surface area contributed by atoms with Crippen molar-refractivity contribution in [1.82, 2.24) is 4.90 Å². The molecular formula is C37H41NO6. The van der Waals surface area contributed by atoms with Gasteiger partial charge in [0.2, 0.25) is 0 Å². The van der Waals surface area contributed by atoms with E-state index in [1.807, 2.05) is 39.0 Å². The number of carbonyl (C=O) groups excluding carboxylic acids is 2. The molecule has 0 radical (unpaired) electrons. The van der Waals surface area contributed by atoms with Crippen LogP contribution in [0.4, 0.5) is 4.79 Å². The topological polar surface area (TPSA) is 74.3 Å².